The predicted octanol–water partition coefficient (Wildman–Crippen LogP) is 4.14. The summed E-state index contributed by atoms with van der Waals surface area (Å²) in [5.41, 5.74) is 1.92. The van der Waals surface area contributed by atoms with Crippen LogP contribution >= 0.6 is 23.2 Å². The largest absolute Gasteiger partial charge is 0.489 e. The van der Waals surface area contributed by atoms with Gasteiger partial charge in [0.2, 0.25) is 0 Å². The normalized spacial score (nSPS) is 12.0. The summed E-state index contributed by atoms with van der Waals surface area (Å²) in [4.78, 5) is 10.7. The highest BCUT2D eigenvalue weighted by molar-refractivity contribution is 6.42. The van der Waals surface area contributed by atoms with E-state index >= 15 is 0 Å². The van der Waals surface area contributed by atoms with E-state index in [2.05, 4.69) is 5.32 Å². The van der Waals surface area contributed by atoms with E-state index in [1.54, 1.807) is 19.1 Å². The topological polar surface area (TPSA) is 58.6 Å². The molecule has 0 aromatic heterocycles. The Bertz CT molecular complexity index is 674. The number of halogens is 2. The first-order chi connectivity index (χ1) is 11.0. The second-order valence-electron chi connectivity index (χ2n) is 5.12. The first-order valence-corrected chi connectivity index (χ1v) is 7.83. The predicted molar refractivity (Wildman–Crippen MR) is 91.2 cm³/mol. The second kappa shape index (κ2) is 8.20. The highest BCUT2D eigenvalue weighted by Crippen LogP contribution is 2.23. The number of nitrogens with one attached hydrogen (secondary N) is 1. The Hall–Kier alpha value is -1.75. The quantitative estimate of drug-likeness (QED) is 0.785. The average Bonchev–Trinajstić information content (AvgIpc) is 2.54. The van der Waals surface area contributed by atoms with Crippen molar-refractivity contribution in [2.45, 2.75) is 26.1 Å². The monoisotopic (exact) mass is 353 g/mol. The van der Waals surface area contributed by atoms with Gasteiger partial charge in [-0.15, -0.1) is 0 Å². The minimum Gasteiger partial charge on any atom is -0.489 e. The molecule has 0 bridgehead atoms. The third kappa shape index (κ3) is 5.43. The molecule has 2 aromatic carbocycles. The molecule has 4 nitrogen and oxygen atoms in total. The number of carboxylic acids is 1. The van der Waals surface area contributed by atoms with Crippen LogP contribution < -0.4 is 10.1 Å². The number of carbonyl (C=O) groups is 1. The lowest BCUT2D eigenvalue weighted by Crippen LogP contribution is -2.33. The van der Waals surface area contributed by atoms with Crippen molar-refractivity contribution in [3.63, 3.8) is 0 Å². The van der Waals surface area contributed by atoms with Crippen molar-refractivity contribution in [3.05, 3.63) is 63.6 Å². The molecule has 6 heteroatoms. The number of aliphatic carboxylic acids is 1. The van der Waals surface area contributed by atoms with Gasteiger partial charge in [-0.25, -0.2) is 0 Å². The van der Waals surface area contributed by atoms with E-state index in [1.165, 1.54) is 0 Å². The van der Waals surface area contributed by atoms with Crippen molar-refractivity contribution in [1.82, 2.24) is 5.32 Å². The first-order valence-electron chi connectivity index (χ1n) is 7.07. The van der Waals surface area contributed by atoms with Crippen LogP contribution in [0.15, 0.2) is 42.5 Å². The van der Waals surface area contributed by atoms with Crippen molar-refractivity contribution in [3.8, 4) is 5.75 Å². The molecule has 0 spiro atoms. The molecule has 0 saturated heterocycles. The summed E-state index contributed by atoms with van der Waals surface area (Å²) in [6.07, 6.45) is 0. The molecule has 0 aliphatic rings. The fourth-order valence-corrected chi connectivity index (χ4v) is 2.18. The molecule has 2 aromatic rings. The lowest BCUT2D eigenvalue weighted by Gasteiger charge is -2.10. The van der Waals surface area contributed by atoms with E-state index in [9.17, 15) is 4.79 Å². The van der Waals surface area contributed by atoms with Crippen LogP contribution in [0, 0.1) is 0 Å². The molecule has 0 saturated carbocycles. The average molecular weight is 354 g/mol. The van der Waals surface area contributed by atoms with Crippen LogP contribution in [-0.2, 0) is 17.9 Å². The molecule has 0 amide bonds. The maximum atomic E-state index is 10.7. The molecule has 0 aliphatic heterocycles. The van der Waals surface area contributed by atoms with Crippen molar-refractivity contribution in [1.29, 1.82) is 0 Å². The van der Waals surface area contributed by atoms with Crippen LogP contribution in [-0.4, -0.2) is 17.1 Å². The Morgan fingerprint density at radius 1 is 1.13 bits per heavy atom. The van der Waals surface area contributed by atoms with E-state index in [0.717, 1.165) is 16.9 Å². The summed E-state index contributed by atoms with van der Waals surface area (Å²) in [5.74, 6) is -0.141. The lowest BCUT2D eigenvalue weighted by atomic mass is 10.2. The number of hydrogen-bond donors (Lipinski definition) is 2. The zero-order valence-electron chi connectivity index (χ0n) is 12.6. The molecule has 23 heavy (non-hydrogen) atoms. The third-order valence-electron chi connectivity index (χ3n) is 3.30. The zero-order valence-corrected chi connectivity index (χ0v) is 14.1. The van der Waals surface area contributed by atoms with Crippen molar-refractivity contribution in [2.24, 2.45) is 0 Å². The second-order valence-corrected chi connectivity index (χ2v) is 5.94. The minimum atomic E-state index is -0.869. The number of hydrogen-bond acceptors (Lipinski definition) is 3. The Morgan fingerprint density at radius 2 is 1.78 bits per heavy atom. The molecule has 2 rings (SSSR count). The molecular weight excluding hydrogens is 337 g/mol. The molecule has 0 radical (unpaired) electrons. The molecule has 0 fully saturated rings. The smallest absolute Gasteiger partial charge is 0.320 e. The molecule has 122 valence electrons. The number of benzene rings is 2. The van der Waals surface area contributed by atoms with Gasteiger partial charge in [-0.2, -0.15) is 0 Å². The Balaban J connectivity index is 1.87. The van der Waals surface area contributed by atoms with Gasteiger partial charge in [0.1, 0.15) is 18.4 Å². The van der Waals surface area contributed by atoms with Crippen molar-refractivity contribution >= 4 is 29.2 Å². The number of rotatable bonds is 7. The van der Waals surface area contributed by atoms with Gasteiger partial charge < -0.3 is 15.2 Å². The van der Waals surface area contributed by atoms with E-state index < -0.39 is 12.0 Å². The Kier molecular flexibility index (Phi) is 6.28. The fraction of sp³-hybridized carbons (Fsp3) is 0.235. The highest BCUT2D eigenvalue weighted by atomic mass is 35.5. The minimum absolute atomic E-state index is 0.393. The van der Waals surface area contributed by atoms with Crippen molar-refractivity contribution in [2.75, 3.05) is 0 Å². The summed E-state index contributed by atoms with van der Waals surface area (Å²) in [7, 11) is 0. The molecule has 2 N–H and O–H groups in total. The van der Waals surface area contributed by atoms with Gasteiger partial charge in [0.15, 0.2) is 0 Å². The third-order valence-corrected chi connectivity index (χ3v) is 4.03. The van der Waals surface area contributed by atoms with Gasteiger partial charge >= 0.3 is 5.97 Å². The summed E-state index contributed by atoms with van der Waals surface area (Å²) >= 11 is 11.8. The Labute approximate surface area is 145 Å². The van der Waals surface area contributed by atoms with Crippen LogP contribution in [0.25, 0.3) is 0 Å². The van der Waals surface area contributed by atoms with E-state index in [-0.39, 0.29) is 0 Å². The first kappa shape index (κ1) is 17.6. The maximum Gasteiger partial charge on any atom is 0.320 e. The molecule has 1 atom stereocenters. The van der Waals surface area contributed by atoms with Crippen LogP contribution in [0.4, 0.5) is 0 Å². The Morgan fingerprint density at radius 3 is 2.39 bits per heavy atom. The zero-order chi connectivity index (χ0) is 16.8. The summed E-state index contributed by atoms with van der Waals surface area (Å²) < 4.78 is 5.69. The molecular formula is C17H17Cl2NO3. The van der Waals surface area contributed by atoms with Gasteiger partial charge in [-0.3, -0.25) is 4.79 Å². The van der Waals surface area contributed by atoms with Gasteiger partial charge in [0, 0.05) is 6.54 Å². The summed E-state index contributed by atoms with van der Waals surface area (Å²) in [6, 6.07) is 12.3. The van der Waals surface area contributed by atoms with E-state index in [0.29, 0.717) is 23.2 Å². The summed E-state index contributed by atoms with van der Waals surface area (Å²) in [5, 5.41) is 12.8. The highest BCUT2D eigenvalue weighted by Gasteiger charge is 2.09. The molecule has 0 heterocycles. The van der Waals surface area contributed by atoms with Crippen LogP contribution in [0.3, 0.4) is 0 Å². The maximum absolute atomic E-state index is 10.7. The standard InChI is InChI=1S/C17H17Cl2NO3/c1-11(17(21)22)20-9-12-2-5-14(6-3-12)23-10-13-4-7-15(18)16(19)8-13/h2-8,11,20H,9-10H2,1H3,(H,21,22). The van der Waals surface area contributed by atoms with E-state index in [1.807, 2.05) is 30.3 Å². The molecule has 0 aliphatic carbocycles. The summed E-state index contributed by atoms with van der Waals surface area (Å²) in [6.45, 7) is 2.49. The van der Waals surface area contributed by atoms with Crippen LogP contribution in [0.2, 0.25) is 10.0 Å². The van der Waals surface area contributed by atoms with Crippen molar-refractivity contribution < 1.29 is 14.6 Å². The lowest BCUT2D eigenvalue weighted by molar-refractivity contribution is -0.139. The van der Waals surface area contributed by atoms with E-state index in [4.69, 9.17) is 33.0 Å². The fourth-order valence-electron chi connectivity index (χ4n) is 1.86. The van der Waals surface area contributed by atoms with Crippen LogP contribution in [0.5, 0.6) is 5.75 Å². The van der Waals surface area contributed by atoms with Gasteiger partial charge in [-0.05, 0) is 42.3 Å². The SMILES string of the molecule is CC(NCc1ccc(OCc2ccc(Cl)c(Cl)c2)cc1)C(=O)O. The van der Waals surface area contributed by atoms with Gasteiger partial charge in [-0.1, -0.05) is 41.4 Å². The van der Waals surface area contributed by atoms with Crippen LogP contribution in [0.1, 0.15) is 18.1 Å². The number of ether oxygens (including phenoxy) is 1. The molecule has 1 unspecified atom stereocenters. The van der Waals surface area contributed by atoms with Gasteiger partial charge in [0.05, 0.1) is 10.0 Å². The number of carboxylic acid groups (broad SMARTS) is 1. The van der Waals surface area contributed by atoms with Gasteiger partial charge in [0.25, 0.3) is 0 Å².